The zero-order valence-electron chi connectivity index (χ0n) is 10.2. The summed E-state index contributed by atoms with van der Waals surface area (Å²) in [6.07, 6.45) is 1.69. The number of nitrogens with two attached hydrogens (primary N) is 1. The lowest BCUT2D eigenvalue weighted by Crippen LogP contribution is -2.10. The van der Waals surface area contributed by atoms with E-state index >= 15 is 0 Å². The number of nitrogens with zero attached hydrogens (tertiary/aromatic N) is 3. The van der Waals surface area contributed by atoms with E-state index < -0.39 is 0 Å². The van der Waals surface area contributed by atoms with E-state index in [9.17, 15) is 4.79 Å². The van der Waals surface area contributed by atoms with Crippen molar-refractivity contribution in [3.8, 4) is 0 Å². The van der Waals surface area contributed by atoms with Crippen molar-refractivity contribution in [2.75, 3.05) is 5.73 Å². The Morgan fingerprint density at radius 3 is 2.84 bits per heavy atom. The van der Waals surface area contributed by atoms with Crippen molar-refractivity contribution in [2.24, 2.45) is 0 Å². The van der Waals surface area contributed by atoms with E-state index in [4.69, 9.17) is 5.73 Å². The molecule has 6 nitrogen and oxygen atoms in total. The summed E-state index contributed by atoms with van der Waals surface area (Å²) in [5, 5.41) is 0.900. The minimum atomic E-state index is -0.177. The molecule has 0 radical (unpaired) electrons. The van der Waals surface area contributed by atoms with Gasteiger partial charge in [0, 0.05) is 17.8 Å². The van der Waals surface area contributed by atoms with Crippen molar-refractivity contribution in [3.63, 3.8) is 0 Å². The van der Waals surface area contributed by atoms with Gasteiger partial charge in [-0.15, -0.1) is 0 Å². The number of nitrogens with one attached hydrogen (secondary N) is 1. The first-order valence-corrected chi connectivity index (χ1v) is 7.26. The van der Waals surface area contributed by atoms with Gasteiger partial charge < -0.3 is 10.7 Å². The molecule has 0 saturated heterocycles. The number of H-pyrrole nitrogens is 1. The van der Waals surface area contributed by atoms with Crippen molar-refractivity contribution >= 4 is 33.5 Å². The number of nitrogen functional groups attached to an aromatic ring is 1. The van der Waals surface area contributed by atoms with Gasteiger partial charge in [0.05, 0.1) is 0 Å². The molecule has 19 heavy (non-hydrogen) atoms. The van der Waals surface area contributed by atoms with E-state index in [1.165, 1.54) is 17.8 Å². The molecule has 100 valence electrons. The van der Waals surface area contributed by atoms with Gasteiger partial charge in [0.25, 0.3) is 5.56 Å². The van der Waals surface area contributed by atoms with Gasteiger partial charge in [-0.1, -0.05) is 13.3 Å². The first-order valence-electron chi connectivity index (χ1n) is 5.65. The summed E-state index contributed by atoms with van der Waals surface area (Å²) in [6, 6.07) is 3.11. The molecule has 0 bridgehead atoms. The van der Waals surface area contributed by atoms with E-state index in [1.807, 2.05) is 6.92 Å². The third-order valence-electron chi connectivity index (χ3n) is 2.16. The second-order valence-electron chi connectivity index (χ2n) is 3.79. The van der Waals surface area contributed by atoms with Crippen LogP contribution in [0.15, 0.2) is 31.8 Å². The van der Waals surface area contributed by atoms with Crippen molar-refractivity contribution in [2.45, 2.75) is 30.1 Å². The summed E-state index contributed by atoms with van der Waals surface area (Å²) in [6.45, 7) is 2.04. The van der Waals surface area contributed by atoms with Crippen LogP contribution < -0.4 is 11.3 Å². The molecule has 2 aromatic heterocycles. The van der Waals surface area contributed by atoms with Gasteiger partial charge >= 0.3 is 0 Å². The number of anilines is 1. The lowest BCUT2D eigenvalue weighted by molar-refractivity contribution is 0.812. The predicted molar refractivity (Wildman–Crippen MR) is 77.1 cm³/mol. The van der Waals surface area contributed by atoms with Gasteiger partial charge in [-0.05, 0) is 34.1 Å². The summed E-state index contributed by atoms with van der Waals surface area (Å²) in [5.41, 5.74) is 6.22. The third kappa shape index (κ3) is 4.03. The van der Waals surface area contributed by atoms with Gasteiger partial charge in [0.2, 0.25) is 0 Å². The highest BCUT2D eigenvalue weighted by Gasteiger charge is 2.07. The van der Waals surface area contributed by atoms with Gasteiger partial charge in [-0.3, -0.25) is 4.79 Å². The molecular formula is C11H12BrN5OS. The first kappa shape index (κ1) is 14.0. The SMILES string of the molecule is CCCc1cc(=O)[nH]c(Sc2nc(N)cc(Br)n2)n1. The zero-order chi connectivity index (χ0) is 13.8. The zero-order valence-corrected chi connectivity index (χ0v) is 12.6. The van der Waals surface area contributed by atoms with Crippen molar-refractivity contribution in [1.82, 2.24) is 19.9 Å². The normalized spacial score (nSPS) is 10.6. The van der Waals surface area contributed by atoms with Crippen LogP contribution in [0.1, 0.15) is 19.0 Å². The Morgan fingerprint density at radius 2 is 2.16 bits per heavy atom. The van der Waals surface area contributed by atoms with Crippen LogP contribution in [0.25, 0.3) is 0 Å². The largest absolute Gasteiger partial charge is 0.384 e. The summed E-state index contributed by atoms with van der Waals surface area (Å²) in [4.78, 5) is 26.8. The number of aromatic amines is 1. The Hall–Kier alpha value is -1.41. The Labute approximate surface area is 122 Å². The van der Waals surface area contributed by atoms with Crippen LogP contribution in [0.5, 0.6) is 0 Å². The number of hydrogen-bond acceptors (Lipinski definition) is 6. The standard InChI is InChI=1S/C11H12BrN5OS/c1-2-3-6-4-9(18)17-10(14-6)19-11-15-7(12)5-8(13)16-11/h4-5H,2-3H2,1H3,(H2,13,15,16)(H,14,17,18). The Bertz CT molecular complexity index is 625. The van der Waals surface area contributed by atoms with Crippen LogP contribution in [0, 0.1) is 0 Å². The molecule has 8 heteroatoms. The van der Waals surface area contributed by atoms with Gasteiger partial charge in [-0.25, -0.2) is 15.0 Å². The van der Waals surface area contributed by atoms with Crippen LogP contribution in [-0.2, 0) is 6.42 Å². The monoisotopic (exact) mass is 341 g/mol. The molecule has 0 aliphatic heterocycles. The highest BCUT2D eigenvalue weighted by Crippen LogP contribution is 2.23. The Morgan fingerprint density at radius 1 is 1.37 bits per heavy atom. The minimum Gasteiger partial charge on any atom is -0.384 e. The Kier molecular flexibility index (Phi) is 4.54. The first-order chi connectivity index (χ1) is 9.06. The lowest BCUT2D eigenvalue weighted by Gasteiger charge is -2.03. The van der Waals surface area contributed by atoms with Crippen LogP contribution in [0.2, 0.25) is 0 Å². The maximum Gasteiger partial charge on any atom is 0.251 e. The molecule has 2 heterocycles. The fourth-order valence-electron chi connectivity index (χ4n) is 1.46. The molecule has 0 aliphatic carbocycles. The van der Waals surface area contributed by atoms with Crippen molar-refractivity contribution in [3.05, 3.63) is 32.8 Å². The number of halogens is 1. The maximum atomic E-state index is 11.5. The van der Waals surface area contributed by atoms with Gasteiger partial charge in [0.1, 0.15) is 10.4 Å². The molecule has 0 aromatic carbocycles. The van der Waals surface area contributed by atoms with E-state index in [1.54, 1.807) is 6.07 Å². The fraction of sp³-hybridized carbons (Fsp3) is 0.273. The van der Waals surface area contributed by atoms with Crippen LogP contribution in [-0.4, -0.2) is 19.9 Å². The van der Waals surface area contributed by atoms with E-state index in [0.717, 1.165) is 18.5 Å². The molecule has 2 rings (SSSR count). The fourth-order valence-corrected chi connectivity index (χ4v) is 2.76. The molecule has 2 aromatic rings. The molecule has 3 N–H and O–H groups in total. The molecule has 0 aliphatic rings. The van der Waals surface area contributed by atoms with E-state index in [0.29, 0.717) is 20.7 Å². The average Bonchev–Trinajstić information content (AvgIpc) is 2.26. The summed E-state index contributed by atoms with van der Waals surface area (Å²) >= 11 is 4.41. The average molecular weight is 342 g/mol. The highest BCUT2D eigenvalue weighted by molar-refractivity contribution is 9.10. The molecular weight excluding hydrogens is 330 g/mol. The van der Waals surface area contributed by atoms with Gasteiger partial charge in [-0.2, -0.15) is 0 Å². The maximum absolute atomic E-state index is 11.5. The predicted octanol–water partition coefficient (Wildman–Crippen LogP) is 2.01. The molecule has 0 unspecified atom stereocenters. The molecule has 0 fully saturated rings. The number of aromatic nitrogens is 4. The van der Waals surface area contributed by atoms with E-state index in [-0.39, 0.29) is 5.56 Å². The molecule has 0 saturated carbocycles. The van der Waals surface area contributed by atoms with E-state index in [2.05, 4.69) is 35.9 Å². The second kappa shape index (κ2) is 6.16. The van der Waals surface area contributed by atoms with Crippen LogP contribution >= 0.6 is 27.7 Å². The second-order valence-corrected chi connectivity index (χ2v) is 5.56. The number of hydrogen-bond donors (Lipinski definition) is 2. The smallest absolute Gasteiger partial charge is 0.251 e. The van der Waals surface area contributed by atoms with Crippen molar-refractivity contribution < 1.29 is 0 Å². The quantitative estimate of drug-likeness (QED) is 0.652. The minimum absolute atomic E-state index is 0.177. The molecule has 0 atom stereocenters. The van der Waals surface area contributed by atoms with Crippen LogP contribution in [0.4, 0.5) is 5.82 Å². The number of aryl methyl sites for hydroxylation is 1. The molecule has 0 amide bonds. The van der Waals surface area contributed by atoms with Gasteiger partial charge in [0.15, 0.2) is 10.3 Å². The topological polar surface area (TPSA) is 97.5 Å². The molecule has 0 spiro atoms. The van der Waals surface area contributed by atoms with Crippen molar-refractivity contribution in [1.29, 1.82) is 0 Å². The van der Waals surface area contributed by atoms with Crippen LogP contribution in [0.3, 0.4) is 0 Å². The summed E-state index contributed by atoms with van der Waals surface area (Å²) in [5.74, 6) is 0.358. The Balaban J connectivity index is 2.29. The summed E-state index contributed by atoms with van der Waals surface area (Å²) < 4.78 is 0.592. The lowest BCUT2D eigenvalue weighted by atomic mass is 10.2. The highest BCUT2D eigenvalue weighted by atomic mass is 79.9. The number of rotatable bonds is 4. The summed E-state index contributed by atoms with van der Waals surface area (Å²) in [7, 11) is 0. The third-order valence-corrected chi connectivity index (χ3v) is 3.32.